The van der Waals surface area contributed by atoms with Crippen LogP contribution in [0.1, 0.15) is 48.9 Å². The van der Waals surface area contributed by atoms with E-state index in [2.05, 4.69) is 44.3 Å². The zero-order valence-electron chi connectivity index (χ0n) is 18.9. The van der Waals surface area contributed by atoms with Gasteiger partial charge in [0.2, 0.25) is 11.8 Å². The molecule has 0 aromatic heterocycles. The summed E-state index contributed by atoms with van der Waals surface area (Å²) in [6.07, 6.45) is 1.93. The third kappa shape index (κ3) is 8.58. The third-order valence-corrected chi connectivity index (χ3v) is 6.24. The van der Waals surface area contributed by atoms with Gasteiger partial charge in [-0.15, -0.1) is 11.8 Å². The minimum atomic E-state index is -0.551. The molecule has 1 N–H and O–H groups in total. The lowest BCUT2D eigenvalue weighted by Crippen LogP contribution is -2.48. The number of carbonyl (C=O) groups is 2. The van der Waals surface area contributed by atoms with Crippen LogP contribution in [-0.4, -0.2) is 35.1 Å². The number of benzene rings is 2. The van der Waals surface area contributed by atoms with Gasteiger partial charge in [0.25, 0.3) is 0 Å². The molecule has 31 heavy (non-hydrogen) atoms. The molecule has 0 unspecified atom stereocenters. The van der Waals surface area contributed by atoms with Gasteiger partial charge in [-0.3, -0.25) is 9.59 Å². The summed E-state index contributed by atoms with van der Waals surface area (Å²) in [5.41, 5.74) is 4.57. The fraction of sp³-hybridized carbons (Fsp3) is 0.440. The number of nitrogens with zero attached hydrogens (tertiary/aromatic N) is 1. The second-order valence-corrected chi connectivity index (χ2v) is 9.38. The third-order valence-electron chi connectivity index (χ3n) is 5.01. The highest BCUT2D eigenvalue weighted by Gasteiger charge is 2.25. The summed E-state index contributed by atoms with van der Waals surface area (Å²) in [5.74, 6) is 0.909. The Morgan fingerprint density at radius 2 is 1.81 bits per heavy atom. The van der Waals surface area contributed by atoms with Crippen LogP contribution in [-0.2, 0) is 21.9 Å². The first kappa shape index (κ1) is 25.3. The predicted octanol–water partition coefficient (Wildman–Crippen LogP) is 5.52. The van der Waals surface area contributed by atoms with Crippen molar-refractivity contribution >= 4 is 35.2 Å². The van der Waals surface area contributed by atoms with Crippen molar-refractivity contribution in [2.24, 2.45) is 0 Å². The average Bonchev–Trinajstić information content (AvgIpc) is 2.71. The van der Waals surface area contributed by atoms with Gasteiger partial charge in [-0.05, 0) is 50.5 Å². The predicted molar refractivity (Wildman–Crippen MR) is 131 cm³/mol. The van der Waals surface area contributed by atoms with Gasteiger partial charge in [0.15, 0.2) is 0 Å². The molecule has 1 atom stereocenters. The molecule has 2 amide bonds. The number of hydrogen-bond acceptors (Lipinski definition) is 3. The molecule has 2 aromatic rings. The number of nitrogens with one attached hydrogen (secondary N) is 1. The molecule has 0 bridgehead atoms. The average molecular weight is 461 g/mol. The summed E-state index contributed by atoms with van der Waals surface area (Å²) in [6.45, 7) is 9.01. The summed E-state index contributed by atoms with van der Waals surface area (Å²) < 4.78 is 0. The quantitative estimate of drug-likeness (QED) is 0.449. The van der Waals surface area contributed by atoms with E-state index in [9.17, 15) is 9.59 Å². The van der Waals surface area contributed by atoms with Crippen molar-refractivity contribution in [3.05, 3.63) is 69.7 Å². The zero-order valence-corrected chi connectivity index (χ0v) is 20.5. The van der Waals surface area contributed by atoms with Gasteiger partial charge >= 0.3 is 0 Å². The van der Waals surface area contributed by atoms with E-state index < -0.39 is 6.04 Å². The number of unbranched alkanes of at least 4 members (excludes halogenated alkanes) is 1. The van der Waals surface area contributed by atoms with E-state index in [0.29, 0.717) is 23.9 Å². The maximum absolute atomic E-state index is 13.1. The fourth-order valence-electron chi connectivity index (χ4n) is 3.44. The number of hydrogen-bond donors (Lipinski definition) is 1. The molecule has 0 aliphatic carbocycles. The molecule has 0 radical (unpaired) electrons. The van der Waals surface area contributed by atoms with E-state index in [0.717, 1.165) is 24.2 Å². The number of rotatable bonds is 11. The maximum Gasteiger partial charge on any atom is 0.242 e. The van der Waals surface area contributed by atoms with Crippen molar-refractivity contribution in [2.75, 3.05) is 12.3 Å². The molecule has 2 aromatic carbocycles. The Hall–Kier alpha value is -1.98. The second kappa shape index (κ2) is 12.8. The molecular weight excluding hydrogens is 428 g/mol. The van der Waals surface area contributed by atoms with E-state index in [1.165, 1.54) is 16.7 Å². The Kier molecular flexibility index (Phi) is 10.4. The molecule has 168 valence electrons. The molecule has 0 saturated carbocycles. The van der Waals surface area contributed by atoms with Crippen LogP contribution in [0.4, 0.5) is 0 Å². The molecule has 0 heterocycles. The Morgan fingerprint density at radius 3 is 2.45 bits per heavy atom. The van der Waals surface area contributed by atoms with Crippen LogP contribution >= 0.6 is 23.4 Å². The standard InChI is InChI=1S/C25H33ClN2O2S/c1-5-6-10-27-25(30)20(4)28(15-21-8-7-9-23(26)14-21)24(29)17-31-16-22-12-18(2)11-19(3)13-22/h7-9,11-14,20H,5-6,10,15-17H2,1-4H3,(H,27,30)/t20-/m0/s1. The highest BCUT2D eigenvalue weighted by molar-refractivity contribution is 7.99. The van der Waals surface area contributed by atoms with Gasteiger partial charge in [-0.25, -0.2) is 0 Å². The number of thioether (sulfide) groups is 1. The van der Waals surface area contributed by atoms with Crippen LogP contribution in [0.2, 0.25) is 5.02 Å². The highest BCUT2D eigenvalue weighted by Crippen LogP contribution is 2.19. The number of carbonyl (C=O) groups excluding carboxylic acids is 2. The van der Waals surface area contributed by atoms with E-state index in [-0.39, 0.29) is 11.8 Å². The second-order valence-electron chi connectivity index (χ2n) is 7.96. The number of aryl methyl sites for hydroxylation is 2. The van der Waals surface area contributed by atoms with Crippen molar-refractivity contribution in [2.45, 2.75) is 58.9 Å². The van der Waals surface area contributed by atoms with Gasteiger partial charge in [0.05, 0.1) is 5.75 Å². The minimum Gasteiger partial charge on any atom is -0.354 e. The minimum absolute atomic E-state index is 0.0486. The van der Waals surface area contributed by atoms with E-state index in [1.54, 1.807) is 29.7 Å². The van der Waals surface area contributed by atoms with Gasteiger partial charge in [-0.1, -0.05) is 66.4 Å². The lowest BCUT2D eigenvalue weighted by Gasteiger charge is -2.29. The van der Waals surface area contributed by atoms with Gasteiger partial charge < -0.3 is 10.2 Å². The zero-order chi connectivity index (χ0) is 22.8. The lowest BCUT2D eigenvalue weighted by molar-refractivity contribution is -0.138. The molecule has 0 saturated heterocycles. The first-order valence-electron chi connectivity index (χ1n) is 10.8. The first-order chi connectivity index (χ1) is 14.8. The summed E-state index contributed by atoms with van der Waals surface area (Å²) in [7, 11) is 0. The van der Waals surface area contributed by atoms with Crippen LogP contribution in [0.5, 0.6) is 0 Å². The normalized spacial score (nSPS) is 11.8. The monoisotopic (exact) mass is 460 g/mol. The topological polar surface area (TPSA) is 49.4 Å². The van der Waals surface area contributed by atoms with Crippen LogP contribution in [0.15, 0.2) is 42.5 Å². The maximum atomic E-state index is 13.1. The molecule has 2 rings (SSSR count). The van der Waals surface area contributed by atoms with Crippen molar-refractivity contribution in [3.63, 3.8) is 0 Å². The number of amides is 2. The van der Waals surface area contributed by atoms with Crippen molar-refractivity contribution in [1.82, 2.24) is 10.2 Å². The van der Waals surface area contributed by atoms with Crippen LogP contribution in [0.3, 0.4) is 0 Å². The Bertz CT molecular complexity index is 867. The van der Waals surface area contributed by atoms with Gasteiger partial charge in [0.1, 0.15) is 6.04 Å². The highest BCUT2D eigenvalue weighted by atomic mass is 35.5. The first-order valence-corrected chi connectivity index (χ1v) is 12.3. The molecule has 0 aliphatic heterocycles. The van der Waals surface area contributed by atoms with Crippen molar-refractivity contribution < 1.29 is 9.59 Å². The van der Waals surface area contributed by atoms with Gasteiger partial charge in [0, 0.05) is 23.9 Å². The largest absolute Gasteiger partial charge is 0.354 e. The summed E-state index contributed by atoms with van der Waals surface area (Å²) in [4.78, 5) is 27.4. The molecular formula is C25H33ClN2O2S. The van der Waals surface area contributed by atoms with Crippen LogP contribution in [0, 0.1) is 13.8 Å². The Morgan fingerprint density at radius 1 is 1.10 bits per heavy atom. The smallest absolute Gasteiger partial charge is 0.242 e. The van der Waals surface area contributed by atoms with Crippen molar-refractivity contribution in [3.8, 4) is 0 Å². The summed E-state index contributed by atoms with van der Waals surface area (Å²) >= 11 is 7.70. The van der Waals surface area contributed by atoms with Crippen molar-refractivity contribution in [1.29, 1.82) is 0 Å². The van der Waals surface area contributed by atoms with Crippen LogP contribution < -0.4 is 5.32 Å². The molecule has 0 spiro atoms. The molecule has 6 heteroatoms. The molecule has 4 nitrogen and oxygen atoms in total. The van der Waals surface area contributed by atoms with Crippen LogP contribution in [0.25, 0.3) is 0 Å². The molecule has 0 fully saturated rings. The lowest BCUT2D eigenvalue weighted by atomic mass is 10.1. The van der Waals surface area contributed by atoms with E-state index in [1.807, 2.05) is 18.2 Å². The fourth-order valence-corrected chi connectivity index (χ4v) is 4.50. The van der Waals surface area contributed by atoms with E-state index >= 15 is 0 Å². The Balaban J connectivity index is 2.06. The summed E-state index contributed by atoms with van der Waals surface area (Å²) in [5, 5.41) is 3.56. The molecule has 0 aliphatic rings. The summed E-state index contributed by atoms with van der Waals surface area (Å²) in [6, 6.07) is 13.3. The van der Waals surface area contributed by atoms with Gasteiger partial charge in [-0.2, -0.15) is 0 Å². The van der Waals surface area contributed by atoms with E-state index in [4.69, 9.17) is 11.6 Å². The number of halogens is 1. The Labute approximate surface area is 195 Å². The SMILES string of the molecule is CCCCNC(=O)[C@H](C)N(Cc1cccc(Cl)c1)C(=O)CSCc1cc(C)cc(C)c1.